The SMILES string of the molecule is CC1(C)C(Nc2ccc(OC(F)F)c(F)c2)C2CCOC21. The van der Waals surface area contributed by atoms with Crippen molar-refractivity contribution >= 4 is 5.69 Å². The van der Waals surface area contributed by atoms with Crippen molar-refractivity contribution in [2.45, 2.75) is 39.0 Å². The van der Waals surface area contributed by atoms with Crippen molar-refractivity contribution in [2.75, 3.05) is 11.9 Å². The number of fused-ring (bicyclic) bond motifs is 1. The van der Waals surface area contributed by atoms with Gasteiger partial charge in [0, 0.05) is 35.7 Å². The van der Waals surface area contributed by atoms with E-state index in [0.29, 0.717) is 11.6 Å². The second-order valence-electron chi connectivity index (χ2n) is 6.21. The third-order valence-electron chi connectivity index (χ3n) is 4.57. The van der Waals surface area contributed by atoms with Crippen LogP contribution in [0.15, 0.2) is 18.2 Å². The van der Waals surface area contributed by atoms with E-state index in [9.17, 15) is 13.2 Å². The van der Waals surface area contributed by atoms with Crippen LogP contribution in [0.1, 0.15) is 20.3 Å². The molecular weight excluding hydrogens is 283 g/mol. The van der Waals surface area contributed by atoms with Gasteiger partial charge in [-0.2, -0.15) is 8.78 Å². The Kier molecular flexibility index (Phi) is 3.51. The van der Waals surface area contributed by atoms with Crippen LogP contribution in [0.5, 0.6) is 5.75 Å². The van der Waals surface area contributed by atoms with Crippen LogP contribution < -0.4 is 10.1 Å². The molecular formula is C15H18F3NO2. The molecule has 1 heterocycles. The second kappa shape index (κ2) is 5.09. The minimum absolute atomic E-state index is 0.0320. The highest BCUT2D eigenvalue weighted by Crippen LogP contribution is 2.53. The van der Waals surface area contributed by atoms with E-state index in [0.717, 1.165) is 13.0 Å². The molecule has 1 saturated carbocycles. The molecule has 1 aromatic rings. The van der Waals surface area contributed by atoms with Crippen LogP contribution in [0, 0.1) is 17.2 Å². The number of rotatable bonds is 4. The number of alkyl halides is 2. The quantitative estimate of drug-likeness (QED) is 0.921. The van der Waals surface area contributed by atoms with Crippen molar-refractivity contribution in [3.05, 3.63) is 24.0 Å². The van der Waals surface area contributed by atoms with E-state index >= 15 is 0 Å². The third kappa shape index (κ3) is 2.46. The van der Waals surface area contributed by atoms with Crippen LogP contribution in [-0.2, 0) is 4.74 Å². The third-order valence-corrected chi connectivity index (χ3v) is 4.57. The lowest BCUT2D eigenvalue weighted by Crippen LogP contribution is -2.63. The van der Waals surface area contributed by atoms with Crippen LogP contribution in [0.3, 0.4) is 0 Å². The number of benzene rings is 1. The lowest BCUT2D eigenvalue weighted by atomic mass is 9.57. The predicted octanol–water partition coefficient (Wildman–Crippen LogP) is 3.65. The number of hydrogen-bond acceptors (Lipinski definition) is 3. The first kappa shape index (κ1) is 14.5. The van der Waals surface area contributed by atoms with E-state index < -0.39 is 18.2 Å². The lowest BCUT2D eigenvalue weighted by molar-refractivity contribution is -0.0923. The summed E-state index contributed by atoms with van der Waals surface area (Å²) in [5.41, 5.74) is 0.535. The van der Waals surface area contributed by atoms with E-state index in [1.165, 1.54) is 12.1 Å². The fraction of sp³-hybridized carbons (Fsp3) is 0.600. The van der Waals surface area contributed by atoms with Gasteiger partial charge < -0.3 is 14.8 Å². The molecule has 1 aromatic carbocycles. The first-order chi connectivity index (χ1) is 9.89. The van der Waals surface area contributed by atoms with E-state index in [2.05, 4.69) is 23.9 Å². The fourth-order valence-electron chi connectivity index (χ4n) is 3.58. The summed E-state index contributed by atoms with van der Waals surface area (Å²) in [4.78, 5) is 0. The van der Waals surface area contributed by atoms with Gasteiger partial charge in [0.05, 0.1) is 6.10 Å². The zero-order valence-electron chi connectivity index (χ0n) is 11.9. The molecule has 2 fully saturated rings. The molecule has 21 heavy (non-hydrogen) atoms. The molecule has 0 radical (unpaired) electrons. The molecule has 0 aromatic heterocycles. The van der Waals surface area contributed by atoms with Crippen molar-refractivity contribution in [3.8, 4) is 5.75 Å². The average molecular weight is 301 g/mol. The first-order valence-corrected chi connectivity index (χ1v) is 7.02. The summed E-state index contributed by atoms with van der Waals surface area (Å²) in [5, 5.41) is 3.30. The van der Waals surface area contributed by atoms with Gasteiger partial charge in [-0.15, -0.1) is 0 Å². The molecule has 3 unspecified atom stereocenters. The molecule has 0 spiro atoms. The highest BCUT2D eigenvalue weighted by molar-refractivity contribution is 5.49. The Balaban J connectivity index is 1.72. The zero-order valence-corrected chi connectivity index (χ0v) is 11.9. The fourth-order valence-corrected chi connectivity index (χ4v) is 3.58. The average Bonchev–Trinajstić information content (AvgIpc) is 2.85. The van der Waals surface area contributed by atoms with Crippen LogP contribution >= 0.6 is 0 Å². The first-order valence-electron chi connectivity index (χ1n) is 7.02. The van der Waals surface area contributed by atoms with Crippen LogP contribution in [-0.4, -0.2) is 25.4 Å². The minimum atomic E-state index is -3.03. The van der Waals surface area contributed by atoms with Gasteiger partial charge in [0.1, 0.15) is 0 Å². The highest BCUT2D eigenvalue weighted by atomic mass is 19.3. The standard InChI is InChI=1S/C15H18F3NO2/c1-15(2)12(9-5-6-20-13(9)15)19-8-3-4-11(10(16)7-8)21-14(17)18/h3-4,7,9,12-14,19H,5-6H2,1-2H3. The van der Waals surface area contributed by atoms with Gasteiger partial charge in [-0.05, 0) is 18.6 Å². The maximum atomic E-state index is 13.7. The summed E-state index contributed by atoms with van der Waals surface area (Å²) in [6.07, 6.45) is 1.22. The summed E-state index contributed by atoms with van der Waals surface area (Å²) in [7, 11) is 0. The Bertz CT molecular complexity index is 536. The van der Waals surface area contributed by atoms with Crippen molar-refractivity contribution in [2.24, 2.45) is 11.3 Å². The number of ether oxygens (including phenoxy) is 2. The van der Waals surface area contributed by atoms with Gasteiger partial charge >= 0.3 is 6.61 Å². The summed E-state index contributed by atoms with van der Waals surface area (Å²) >= 11 is 0. The molecule has 3 nitrogen and oxygen atoms in total. The number of halogens is 3. The van der Waals surface area contributed by atoms with Gasteiger partial charge in [0.25, 0.3) is 0 Å². The van der Waals surface area contributed by atoms with Gasteiger partial charge in [-0.1, -0.05) is 13.8 Å². The molecule has 2 aliphatic rings. The largest absolute Gasteiger partial charge is 0.432 e. The van der Waals surface area contributed by atoms with Crippen molar-refractivity contribution in [1.82, 2.24) is 0 Å². The summed E-state index contributed by atoms with van der Waals surface area (Å²) in [6, 6.07) is 4.15. The Morgan fingerprint density at radius 1 is 1.38 bits per heavy atom. The Morgan fingerprint density at radius 3 is 2.81 bits per heavy atom. The molecule has 6 heteroatoms. The lowest BCUT2D eigenvalue weighted by Gasteiger charge is -2.55. The maximum Gasteiger partial charge on any atom is 0.387 e. The van der Waals surface area contributed by atoms with E-state index in [1.807, 2.05) is 0 Å². The molecule has 3 atom stereocenters. The molecule has 116 valence electrons. The molecule has 1 aliphatic heterocycles. The Hall–Kier alpha value is -1.43. The normalized spacial score (nSPS) is 29.9. The molecule has 1 N–H and O–H groups in total. The van der Waals surface area contributed by atoms with Gasteiger partial charge in [-0.3, -0.25) is 0 Å². The maximum absolute atomic E-state index is 13.7. The number of hydrogen-bond donors (Lipinski definition) is 1. The van der Waals surface area contributed by atoms with Gasteiger partial charge in [0.2, 0.25) is 0 Å². The van der Waals surface area contributed by atoms with Crippen LogP contribution in [0.25, 0.3) is 0 Å². The van der Waals surface area contributed by atoms with Crippen molar-refractivity contribution in [3.63, 3.8) is 0 Å². The summed E-state index contributed by atoms with van der Waals surface area (Å²) in [5.74, 6) is -0.817. The summed E-state index contributed by atoms with van der Waals surface area (Å²) in [6.45, 7) is 1.95. The van der Waals surface area contributed by atoms with Crippen LogP contribution in [0.4, 0.5) is 18.9 Å². The molecule has 0 bridgehead atoms. The molecule has 0 amide bonds. The van der Waals surface area contributed by atoms with Crippen molar-refractivity contribution < 1.29 is 22.6 Å². The van der Waals surface area contributed by atoms with Crippen LogP contribution in [0.2, 0.25) is 0 Å². The topological polar surface area (TPSA) is 30.5 Å². The van der Waals surface area contributed by atoms with Crippen molar-refractivity contribution in [1.29, 1.82) is 0 Å². The van der Waals surface area contributed by atoms with Gasteiger partial charge in [-0.25, -0.2) is 4.39 Å². The molecule has 1 aliphatic carbocycles. The minimum Gasteiger partial charge on any atom is -0.432 e. The monoisotopic (exact) mass is 301 g/mol. The Labute approximate surface area is 121 Å². The number of nitrogens with one attached hydrogen (secondary N) is 1. The van der Waals surface area contributed by atoms with E-state index in [-0.39, 0.29) is 17.6 Å². The van der Waals surface area contributed by atoms with E-state index in [1.54, 1.807) is 6.07 Å². The second-order valence-corrected chi connectivity index (χ2v) is 6.21. The van der Waals surface area contributed by atoms with Gasteiger partial charge in [0.15, 0.2) is 11.6 Å². The number of anilines is 1. The predicted molar refractivity (Wildman–Crippen MR) is 72.1 cm³/mol. The molecule has 3 rings (SSSR count). The smallest absolute Gasteiger partial charge is 0.387 e. The molecule has 1 saturated heterocycles. The summed E-state index contributed by atoms with van der Waals surface area (Å²) < 4.78 is 47.7. The Morgan fingerprint density at radius 2 is 2.14 bits per heavy atom. The van der Waals surface area contributed by atoms with E-state index in [4.69, 9.17) is 4.74 Å². The highest BCUT2D eigenvalue weighted by Gasteiger charge is 2.59. The zero-order chi connectivity index (χ0) is 15.2.